The molecule has 0 unspecified atom stereocenters. The van der Waals surface area contributed by atoms with Gasteiger partial charge < -0.3 is 5.32 Å². The van der Waals surface area contributed by atoms with E-state index in [9.17, 15) is 9.18 Å². The molecule has 1 aliphatic heterocycles. The molecule has 96 valence electrons. The van der Waals surface area contributed by atoms with E-state index >= 15 is 0 Å². The molecule has 1 heterocycles. The number of carbonyl (C=O) groups is 1. The molecule has 0 aliphatic carbocycles. The number of Topliss-reactive ketones (excluding diaryl/α,β-unsaturated/α-hetero) is 1. The molecule has 0 amide bonds. The first-order valence-electron chi connectivity index (χ1n) is 6.37. The van der Waals surface area contributed by atoms with Crippen molar-refractivity contribution >= 4 is 11.5 Å². The molecule has 0 spiro atoms. The van der Waals surface area contributed by atoms with E-state index in [0.717, 1.165) is 24.2 Å². The molecule has 0 saturated carbocycles. The fourth-order valence-corrected chi connectivity index (χ4v) is 2.35. The number of fused-ring (bicyclic) bond motifs is 1. The zero-order valence-corrected chi connectivity index (χ0v) is 10.4. The van der Waals surface area contributed by atoms with Crippen LogP contribution in [0.4, 0.5) is 10.1 Å². The van der Waals surface area contributed by atoms with E-state index in [-0.39, 0.29) is 11.6 Å². The molecule has 2 nitrogen and oxygen atoms in total. The Kier molecular flexibility index (Phi) is 3.03. The predicted octanol–water partition coefficient (Wildman–Crippen LogP) is 3.22. The van der Waals surface area contributed by atoms with E-state index in [2.05, 4.69) is 5.32 Å². The zero-order chi connectivity index (χ0) is 13.2. The highest BCUT2D eigenvalue weighted by Crippen LogP contribution is 2.23. The van der Waals surface area contributed by atoms with E-state index in [1.165, 1.54) is 17.7 Å². The number of hydrogen-bond acceptors (Lipinski definition) is 2. The van der Waals surface area contributed by atoms with Crippen molar-refractivity contribution in [3.05, 3.63) is 65.0 Å². The maximum Gasteiger partial charge on any atom is 0.167 e. The van der Waals surface area contributed by atoms with Crippen LogP contribution in [0.1, 0.15) is 21.5 Å². The Morgan fingerprint density at radius 3 is 2.74 bits per heavy atom. The van der Waals surface area contributed by atoms with Gasteiger partial charge in [0.2, 0.25) is 0 Å². The second-order valence-electron chi connectivity index (χ2n) is 4.78. The number of ketones is 1. The second-order valence-corrected chi connectivity index (χ2v) is 4.78. The first-order chi connectivity index (χ1) is 9.22. The molecule has 0 atom stereocenters. The third-order valence-corrected chi connectivity index (χ3v) is 3.42. The molecule has 1 N–H and O–H groups in total. The minimum atomic E-state index is -0.280. The van der Waals surface area contributed by atoms with E-state index in [4.69, 9.17) is 0 Å². The molecule has 0 aromatic heterocycles. The van der Waals surface area contributed by atoms with Crippen LogP contribution in [0.5, 0.6) is 0 Å². The maximum absolute atomic E-state index is 12.8. The third-order valence-electron chi connectivity index (χ3n) is 3.42. The number of carbonyl (C=O) groups excluding carboxylic acids is 1. The molecule has 1 aliphatic rings. The van der Waals surface area contributed by atoms with Crippen molar-refractivity contribution in [1.82, 2.24) is 0 Å². The summed E-state index contributed by atoms with van der Waals surface area (Å²) in [5.74, 6) is -0.221. The summed E-state index contributed by atoms with van der Waals surface area (Å²) in [6.07, 6.45) is 1.32. The van der Waals surface area contributed by atoms with Gasteiger partial charge in [-0.25, -0.2) is 4.39 Å². The highest BCUT2D eigenvalue weighted by atomic mass is 19.1. The van der Waals surface area contributed by atoms with Crippen molar-refractivity contribution in [2.75, 3.05) is 11.9 Å². The van der Waals surface area contributed by atoms with Crippen LogP contribution < -0.4 is 5.32 Å². The van der Waals surface area contributed by atoms with Gasteiger partial charge in [-0.3, -0.25) is 4.79 Å². The molecule has 2 aromatic rings. The van der Waals surface area contributed by atoms with Crippen molar-refractivity contribution in [3.8, 4) is 0 Å². The molecule has 3 rings (SSSR count). The summed E-state index contributed by atoms with van der Waals surface area (Å²) in [5, 5.41) is 3.26. The lowest BCUT2D eigenvalue weighted by atomic mass is 10.0. The van der Waals surface area contributed by atoms with Gasteiger partial charge >= 0.3 is 0 Å². The Hall–Kier alpha value is -2.16. The number of rotatable bonds is 3. The zero-order valence-electron chi connectivity index (χ0n) is 10.4. The highest BCUT2D eigenvalue weighted by Gasteiger charge is 2.13. The number of benzene rings is 2. The minimum absolute atomic E-state index is 0.0584. The van der Waals surface area contributed by atoms with Crippen molar-refractivity contribution in [3.63, 3.8) is 0 Å². The summed E-state index contributed by atoms with van der Waals surface area (Å²) in [7, 11) is 0. The number of nitrogens with one attached hydrogen (secondary N) is 1. The van der Waals surface area contributed by atoms with Crippen LogP contribution in [-0.4, -0.2) is 12.3 Å². The van der Waals surface area contributed by atoms with Gasteiger partial charge in [0, 0.05) is 24.2 Å². The SMILES string of the molecule is O=C(Cc1ccc(F)cc1)c1ccc2c(c1)NCC2. The van der Waals surface area contributed by atoms with Crippen LogP contribution in [-0.2, 0) is 12.8 Å². The summed E-state index contributed by atoms with van der Waals surface area (Å²) in [6.45, 7) is 0.935. The first kappa shape index (κ1) is 11.9. The Bertz CT molecular complexity index is 619. The number of hydrogen-bond donors (Lipinski definition) is 1. The molecule has 2 aromatic carbocycles. The molecule has 0 bridgehead atoms. The molecular formula is C16H14FNO. The third kappa shape index (κ3) is 2.50. The average Bonchev–Trinajstić information content (AvgIpc) is 2.88. The van der Waals surface area contributed by atoms with Crippen molar-refractivity contribution < 1.29 is 9.18 Å². The Labute approximate surface area is 111 Å². The molecule has 0 fully saturated rings. The minimum Gasteiger partial charge on any atom is -0.384 e. The lowest BCUT2D eigenvalue weighted by molar-refractivity contribution is 0.0993. The van der Waals surface area contributed by atoms with Crippen LogP contribution >= 0.6 is 0 Å². The number of anilines is 1. The summed E-state index contributed by atoms with van der Waals surface area (Å²) in [5.41, 5.74) is 3.86. The van der Waals surface area contributed by atoms with E-state index in [1.807, 2.05) is 18.2 Å². The predicted molar refractivity (Wildman–Crippen MR) is 73.1 cm³/mol. The molecule has 0 saturated heterocycles. The van der Waals surface area contributed by atoms with Crippen LogP contribution in [0.25, 0.3) is 0 Å². The standard InChI is InChI=1S/C16H14FNO/c17-14-5-1-11(2-6-14)9-16(19)13-4-3-12-7-8-18-15(12)10-13/h1-6,10,18H,7-9H2. The van der Waals surface area contributed by atoms with Crippen molar-refractivity contribution in [2.24, 2.45) is 0 Å². The van der Waals surface area contributed by atoms with Gasteiger partial charge in [-0.1, -0.05) is 24.3 Å². The fourth-order valence-electron chi connectivity index (χ4n) is 2.35. The topological polar surface area (TPSA) is 29.1 Å². The molecular weight excluding hydrogens is 241 g/mol. The first-order valence-corrected chi connectivity index (χ1v) is 6.37. The van der Waals surface area contributed by atoms with Gasteiger partial charge in [0.25, 0.3) is 0 Å². The van der Waals surface area contributed by atoms with E-state index < -0.39 is 0 Å². The Morgan fingerprint density at radius 1 is 1.16 bits per heavy atom. The van der Waals surface area contributed by atoms with Crippen molar-refractivity contribution in [2.45, 2.75) is 12.8 Å². The van der Waals surface area contributed by atoms with Crippen LogP contribution in [0.3, 0.4) is 0 Å². The summed E-state index contributed by atoms with van der Waals surface area (Å²) >= 11 is 0. The van der Waals surface area contributed by atoms with Crippen LogP contribution in [0.15, 0.2) is 42.5 Å². The summed E-state index contributed by atoms with van der Waals surface area (Å²) in [4.78, 5) is 12.2. The van der Waals surface area contributed by atoms with Crippen LogP contribution in [0.2, 0.25) is 0 Å². The van der Waals surface area contributed by atoms with Gasteiger partial charge in [-0.05, 0) is 35.7 Å². The molecule has 0 radical (unpaired) electrons. The largest absolute Gasteiger partial charge is 0.384 e. The second kappa shape index (κ2) is 4.84. The summed E-state index contributed by atoms with van der Waals surface area (Å²) < 4.78 is 12.8. The van der Waals surface area contributed by atoms with Gasteiger partial charge in [0.15, 0.2) is 5.78 Å². The van der Waals surface area contributed by atoms with Crippen molar-refractivity contribution in [1.29, 1.82) is 0 Å². The maximum atomic E-state index is 12.8. The lowest BCUT2D eigenvalue weighted by Crippen LogP contribution is -2.04. The summed E-state index contributed by atoms with van der Waals surface area (Å²) in [6, 6.07) is 11.9. The van der Waals surface area contributed by atoms with E-state index in [1.54, 1.807) is 12.1 Å². The van der Waals surface area contributed by atoms with Gasteiger partial charge in [-0.2, -0.15) is 0 Å². The normalized spacial score (nSPS) is 12.9. The smallest absolute Gasteiger partial charge is 0.167 e. The van der Waals surface area contributed by atoms with Crippen LogP contribution in [0, 0.1) is 5.82 Å². The van der Waals surface area contributed by atoms with Gasteiger partial charge in [0.05, 0.1) is 0 Å². The highest BCUT2D eigenvalue weighted by molar-refractivity contribution is 5.98. The Morgan fingerprint density at radius 2 is 1.95 bits per heavy atom. The fraction of sp³-hybridized carbons (Fsp3) is 0.188. The van der Waals surface area contributed by atoms with Gasteiger partial charge in [0.1, 0.15) is 5.82 Å². The Balaban J connectivity index is 1.78. The quantitative estimate of drug-likeness (QED) is 0.853. The van der Waals surface area contributed by atoms with Gasteiger partial charge in [-0.15, -0.1) is 0 Å². The average molecular weight is 255 g/mol. The lowest BCUT2D eigenvalue weighted by Gasteiger charge is -2.05. The van der Waals surface area contributed by atoms with E-state index in [0.29, 0.717) is 12.0 Å². The monoisotopic (exact) mass is 255 g/mol. The molecule has 3 heteroatoms. The molecule has 19 heavy (non-hydrogen) atoms. The number of halogens is 1.